The average molecular weight is 408 g/mol. The zero-order valence-corrected chi connectivity index (χ0v) is 17.3. The molecule has 2 aromatic carbocycles. The van der Waals surface area contributed by atoms with Crippen molar-refractivity contribution < 1.29 is 9.32 Å². The van der Waals surface area contributed by atoms with E-state index < -0.39 is 0 Å². The normalized spacial score (nSPS) is 19.1. The lowest BCUT2D eigenvalue weighted by Gasteiger charge is -2.29. The second-order valence-electron chi connectivity index (χ2n) is 7.45. The van der Waals surface area contributed by atoms with Gasteiger partial charge in [-0.15, -0.1) is 11.8 Å². The molecule has 150 valence electrons. The molecule has 1 N–H and O–H groups in total. The first-order valence-corrected chi connectivity index (χ1v) is 11.0. The number of aryl methyl sites for hydroxylation is 1. The highest BCUT2D eigenvalue weighted by Gasteiger charge is 2.24. The van der Waals surface area contributed by atoms with Crippen molar-refractivity contribution in [3.8, 4) is 0 Å². The van der Waals surface area contributed by atoms with Gasteiger partial charge in [0.2, 0.25) is 5.89 Å². The Morgan fingerprint density at radius 3 is 2.52 bits per heavy atom. The van der Waals surface area contributed by atoms with Crippen molar-refractivity contribution >= 4 is 17.7 Å². The third kappa shape index (κ3) is 5.07. The third-order valence-electron chi connectivity index (χ3n) is 5.39. The Labute approximate surface area is 175 Å². The number of hydrogen-bond donors (Lipinski definition) is 1. The molecular formula is C23H25N3O2S. The first-order valence-electron chi connectivity index (χ1n) is 10.1. The molecule has 5 nitrogen and oxygen atoms in total. The van der Waals surface area contributed by atoms with E-state index in [1.54, 1.807) is 18.7 Å². The summed E-state index contributed by atoms with van der Waals surface area (Å²) in [6.45, 7) is 1.80. The van der Waals surface area contributed by atoms with Crippen LogP contribution < -0.4 is 5.32 Å². The van der Waals surface area contributed by atoms with Crippen molar-refractivity contribution in [2.45, 2.75) is 55.2 Å². The molecule has 1 amide bonds. The molecule has 1 heterocycles. The highest BCUT2D eigenvalue weighted by Crippen LogP contribution is 2.33. The Morgan fingerprint density at radius 2 is 1.79 bits per heavy atom. The number of benzene rings is 2. The fourth-order valence-corrected chi connectivity index (χ4v) is 4.76. The maximum Gasteiger partial charge on any atom is 0.252 e. The standard InChI is InChI=1S/C23H25N3O2S/c1-16-24-22(28-26-16)15-29-21-10-6-5-9-20(21)23(27)25-19-13-11-18(12-14-19)17-7-3-2-4-8-17/h2-10,18-19H,11-15H2,1H3,(H,25,27). The van der Waals surface area contributed by atoms with E-state index in [0.717, 1.165) is 30.6 Å². The highest BCUT2D eigenvalue weighted by atomic mass is 32.2. The van der Waals surface area contributed by atoms with Crippen LogP contribution in [0.3, 0.4) is 0 Å². The molecule has 1 aliphatic rings. The number of nitrogens with one attached hydrogen (secondary N) is 1. The Kier molecular flexibility index (Phi) is 6.30. The molecule has 29 heavy (non-hydrogen) atoms. The molecule has 0 bridgehead atoms. The number of aromatic nitrogens is 2. The van der Waals surface area contributed by atoms with Crippen molar-refractivity contribution in [1.82, 2.24) is 15.5 Å². The molecule has 3 aromatic rings. The second-order valence-corrected chi connectivity index (χ2v) is 8.47. The minimum atomic E-state index is -0.00188. The Bertz CT molecular complexity index is 950. The number of hydrogen-bond acceptors (Lipinski definition) is 5. The molecule has 0 saturated heterocycles. The van der Waals surface area contributed by atoms with Gasteiger partial charge in [-0.3, -0.25) is 4.79 Å². The molecule has 4 rings (SSSR count). The molecule has 0 spiro atoms. The SMILES string of the molecule is Cc1noc(CSc2ccccc2C(=O)NC2CCC(c3ccccc3)CC2)n1. The maximum atomic E-state index is 12.9. The van der Waals surface area contributed by atoms with Crippen molar-refractivity contribution in [2.75, 3.05) is 0 Å². The number of nitrogens with zero attached hydrogens (tertiary/aromatic N) is 2. The van der Waals surface area contributed by atoms with Crippen molar-refractivity contribution in [2.24, 2.45) is 0 Å². The van der Waals surface area contributed by atoms with Gasteiger partial charge in [0.1, 0.15) is 0 Å². The van der Waals surface area contributed by atoms with Gasteiger partial charge in [0.25, 0.3) is 5.91 Å². The zero-order valence-electron chi connectivity index (χ0n) is 16.5. The van der Waals surface area contributed by atoms with E-state index in [4.69, 9.17) is 4.52 Å². The van der Waals surface area contributed by atoms with Gasteiger partial charge < -0.3 is 9.84 Å². The van der Waals surface area contributed by atoms with Gasteiger partial charge in [-0.05, 0) is 56.2 Å². The van der Waals surface area contributed by atoms with Crippen LogP contribution in [-0.2, 0) is 5.75 Å². The minimum Gasteiger partial charge on any atom is -0.349 e. The van der Waals surface area contributed by atoms with Gasteiger partial charge in [0.05, 0.1) is 11.3 Å². The summed E-state index contributed by atoms with van der Waals surface area (Å²) in [5.41, 5.74) is 2.12. The van der Waals surface area contributed by atoms with E-state index in [-0.39, 0.29) is 11.9 Å². The van der Waals surface area contributed by atoms with Gasteiger partial charge in [-0.25, -0.2) is 0 Å². The predicted molar refractivity (Wildman–Crippen MR) is 114 cm³/mol. The first-order chi connectivity index (χ1) is 14.2. The topological polar surface area (TPSA) is 68.0 Å². The van der Waals surface area contributed by atoms with Crippen molar-refractivity contribution in [3.63, 3.8) is 0 Å². The van der Waals surface area contributed by atoms with E-state index >= 15 is 0 Å². The minimum absolute atomic E-state index is 0.00188. The molecule has 0 radical (unpaired) electrons. The van der Waals surface area contributed by atoms with Crippen molar-refractivity contribution in [3.05, 3.63) is 77.4 Å². The number of thioether (sulfide) groups is 1. The number of rotatable bonds is 6. The van der Waals surface area contributed by atoms with E-state index in [1.165, 1.54) is 5.56 Å². The Hall–Kier alpha value is -2.60. The number of carbonyl (C=O) groups excluding carboxylic acids is 1. The fourth-order valence-electron chi connectivity index (χ4n) is 3.88. The van der Waals surface area contributed by atoms with Crippen LogP contribution in [0.2, 0.25) is 0 Å². The molecule has 1 aromatic heterocycles. The van der Waals surface area contributed by atoms with Crippen LogP contribution in [0, 0.1) is 6.92 Å². The summed E-state index contributed by atoms with van der Waals surface area (Å²) in [4.78, 5) is 18.1. The van der Waals surface area contributed by atoms with E-state index in [0.29, 0.717) is 28.9 Å². The highest BCUT2D eigenvalue weighted by molar-refractivity contribution is 7.98. The van der Waals surface area contributed by atoms with Crippen molar-refractivity contribution in [1.29, 1.82) is 0 Å². The molecule has 0 aliphatic heterocycles. The summed E-state index contributed by atoms with van der Waals surface area (Å²) >= 11 is 1.54. The van der Waals surface area contributed by atoms with Crippen LogP contribution in [0.25, 0.3) is 0 Å². The summed E-state index contributed by atoms with van der Waals surface area (Å²) in [6.07, 6.45) is 4.26. The zero-order chi connectivity index (χ0) is 20.1. The Morgan fingerprint density at radius 1 is 1.07 bits per heavy atom. The fraction of sp³-hybridized carbons (Fsp3) is 0.348. The number of amides is 1. The van der Waals surface area contributed by atoms with Gasteiger partial charge in [-0.2, -0.15) is 4.98 Å². The van der Waals surface area contributed by atoms with Gasteiger partial charge in [-0.1, -0.05) is 47.6 Å². The summed E-state index contributed by atoms with van der Waals surface area (Å²) in [6, 6.07) is 18.6. The van der Waals surface area contributed by atoms with Crippen LogP contribution in [0.4, 0.5) is 0 Å². The van der Waals surface area contributed by atoms with Gasteiger partial charge >= 0.3 is 0 Å². The predicted octanol–water partition coefficient (Wildman–Crippen LogP) is 5.13. The lowest BCUT2D eigenvalue weighted by atomic mass is 9.82. The van der Waals surface area contributed by atoms with Gasteiger partial charge in [0.15, 0.2) is 5.82 Å². The monoisotopic (exact) mass is 407 g/mol. The Balaban J connectivity index is 1.34. The molecule has 1 fully saturated rings. The lowest BCUT2D eigenvalue weighted by molar-refractivity contribution is 0.0923. The lowest BCUT2D eigenvalue weighted by Crippen LogP contribution is -2.37. The average Bonchev–Trinajstić information content (AvgIpc) is 3.19. The molecule has 0 unspecified atom stereocenters. The van der Waals surface area contributed by atoms with Crippen LogP contribution >= 0.6 is 11.8 Å². The van der Waals surface area contributed by atoms with E-state index in [9.17, 15) is 4.79 Å². The third-order valence-corrected chi connectivity index (χ3v) is 6.44. The molecule has 0 atom stereocenters. The molecule has 1 aliphatic carbocycles. The molecule has 6 heteroatoms. The summed E-state index contributed by atoms with van der Waals surface area (Å²) in [7, 11) is 0. The molecular weight excluding hydrogens is 382 g/mol. The summed E-state index contributed by atoms with van der Waals surface area (Å²) in [5, 5.41) is 7.06. The van der Waals surface area contributed by atoms with Crippen LogP contribution in [0.1, 0.15) is 59.2 Å². The number of carbonyl (C=O) groups is 1. The quantitative estimate of drug-likeness (QED) is 0.574. The summed E-state index contributed by atoms with van der Waals surface area (Å²) < 4.78 is 5.17. The first kappa shape index (κ1) is 19.7. The molecule has 1 saturated carbocycles. The van der Waals surface area contributed by atoms with Crippen LogP contribution in [-0.4, -0.2) is 22.1 Å². The largest absolute Gasteiger partial charge is 0.349 e. The summed E-state index contributed by atoms with van der Waals surface area (Å²) in [5.74, 6) is 2.34. The van der Waals surface area contributed by atoms with E-state index in [1.807, 2.05) is 24.3 Å². The van der Waals surface area contributed by atoms with Crippen LogP contribution in [0.5, 0.6) is 0 Å². The second kappa shape index (κ2) is 9.27. The smallest absolute Gasteiger partial charge is 0.252 e. The van der Waals surface area contributed by atoms with E-state index in [2.05, 4.69) is 45.8 Å². The maximum absolute atomic E-state index is 12.9. The van der Waals surface area contributed by atoms with Gasteiger partial charge in [0, 0.05) is 10.9 Å². The van der Waals surface area contributed by atoms with Crippen LogP contribution in [0.15, 0.2) is 64.0 Å².